The SMILES string of the molecule is Cc1nn(C)c(-n2cnc3ccccc32)c1C(N)=S. The summed E-state index contributed by atoms with van der Waals surface area (Å²) in [7, 11) is 1.87. The Labute approximate surface area is 115 Å². The van der Waals surface area contributed by atoms with Crippen molar-refractivity contribution in [2.24, 2.45) is 12.8 Å². The van der Waals surface area contributed by atoms with E-state index < -0.39 is 0 Å². The summed E-state index contributed by atoms with van der Waals surface area (Å²) < 4.78 is 3.74. The fourth-order valence-corrected chi connectivity index (χ4v) is 2.58. The zero-order valence-electron chi connectivity index (χ0n) is 10.7. The summed E-state index contributed by atoms with van der Waals surface area (Å²) in [6, 6.07) is 7.91. The molecule has 0 fully saturated rings. The van der Waals surface area contributed by atoms with Crippen LogP contribution in [0.3, 0.4) is 0 Å². The van der Waals surface area contributed by atoms with Crippen molar-refractivity contribution in [3.63, 3.8) is 0 Å². The molecule has 0 aliphatic heterocycles. The van der Waals surface area contributed by atoms with Crippen LogP contribution < -0.4 is 5.73 Å². The minimum Gasteiger partial charge on any atom is -0.389 e. The summed E-state index contributed by atoms with van der Waals surface area (Å²) in [6.07, 6.45) is 1.77. The van der Waals surface area contributed by atoms with E-state index in [0.717, 1.165) is 28.1 Å². The number of nitrogens with zero attached hydrogens (tertiary/aromatic N) is 4. The third-order valence-electron chi connectivity index (χ3n) is 3.12. The Morgan fingerprint density at radius 3 is 2.79 bits per heavy atom. The standard InChI is InChI=1S/C13H13N5S/c1-8-11(12(14)19)13(17(2)16-8)18-7-15-9-5-3-4-6-10(9)18/h3-7H,1-2H3,(H2,14,19). The first kappa shape index (κ1) is 11.9. The number of fused-ring (bicyclic) bond motifs is 1. The molecule has 3 aromatic rings. The Kier molecular flexibility index (Phi) is 2.60. The lowest BCUT2D eigenvalue weighted by molar-refractivity contribution is 0.726. The molecular formula is C13H13N5S. The molecule has 0 amide bonds. The molecule has 0 spiro atoms. The van der Waals surface area contributed by atoms with Gasteiger partial charge in [-0.3, -0.25) is 9.25 Å². The topological polar surface area (TPSA) is 61.7 Å². The Bertz CT molecular complexity index is 784. The van der Waals surface area contributed by atoms with Gasteiger partial charge in [-0.05, 0) is 19.1 Å². The minimum atomic E-state index is 0.346. The summed E-state index contributed by atoms with van der Waals surface area (Å²) >= 11 is 5.14. The quantitative estimate of drug-likeness (QED) is 0.721. The molecular weight excluding hydrogens is 258 g/mol. The molecule has 2 heterocycles. The van der Waals surface area contributed by atoms with Crippen LogP contribution in [0, 0.1) is 6.92 Å². The fraction of sp³-hybridized carbons (Fsp3) is 0.154. The largest absolute Gasteiger partial charge is 0.389 e. The van der Waals surface area contributed by atoms with Crippen LogP contribution in [0.25, 0.3) is 16.9 Å². The van der Waals surface area contributed by atoms with Crippen LogP contribution in [-0.2, 0) is 7.05 Å². The van der Waals surface area contributed by atoms with E-state index in [9.17, 15) is 0 Å². The third-order valence-corrected chi connectivity index (χ3v) is 3.32. The number of imidazole rings is 1. The fourth-order valence-electron chi connectivity index (χ4n) is 2.34. The highest BCUT2D eigenvalue weighted by Crippen LogP contribution is 2.22. The van der Waals surface area contributed by atoms with E-state index in [2.05, 4.69) is 10.1 Å². The van der Waals surface area contributed by atoms with E-state index in [1.54, 1.807) is 11.0 Å². The van der Waals surface area contributed by atoms with E-state index >= 15 is 0 Å². The highest BCUT2D eigenvalue weighted by molar-refractivity contribution is 7.80. The van der Waals surface area contributed by atoms with Crippen LogP contribution >= 0.6 is 12.2 Å². The van der Waals surface area contributed by atoms with Crippen molar-refractivity contribution >= 4 is 28.2 Å². The molecule has 5 nitrogen and oxygen atoms in total. The van der Waals surface area contributed by atoms with Gasteiger partial charge < -0.3 is 5.73 Å². The molecule has 0 saturated heterocycles. The number of para-hydroxylation sites is 2. The van der Waals surface area contributed by atoms with Gasteiger partial charge in [0.05, 0.1) is 22.3 Å². The van der Waals surface area contributed by atoms with Gasteiger partial charge in [0.15, 0.2) is 0 Å². The van der Waals surface area contributed by atoms with E-state index in [0.29, 0.717) is 4.99 Å². The number of hydrogen-bond donors (Lipinski definition) is 1. The van der Waals surface area contributed by atoms with Crippen LogP contribution in [0.2, 0.25) is 0 Å². The summed E-state index contributed by atoms with van der Waals surface area (Å²) in [5.74, 6) is 0.846. The van der Waals surface area contributed by atoms with Crippen molar-refractivity contribution in [2.75, 3.05) is 0 Å². The van der Waals surface area contributed by atoms with Gasteiger partial charge in [-0.25, -0.2) is 4.98 Å². The molecule has 2 N–H and O–H groups in total. The number of aryl methyl sites for hydroxylation is 2. The second-order valence-electron chi connectivity index (χ2n) is 4.38. The van der Waals surface area contributed by atoms with Gasteiger partial charge in [0.2, 0.25) is 0 Å². The number of rotatable bonds is 2. The van der Waals surface area contributed by atoms with Crippen LogP contribution in [0.4, 0.5) is 0 Å². The van der Waals surface area contributed by atoms with Gasteiger partial charge in [0, 0.05) is 7.05 Å². The van der Waals surface area contributed by atoms with Gasteiger partial charge in [-0.15, -0.1) is 0 Å². The first-order chi connectivity index (χ1) is 9.09. The zero-order chi connectivity index (χ0) is 13.6. The first-order valence-corrected chi connectivity index (χ1v) is 6.26. The van der Waals surface area contributed by atoms with Crippen molar-refractivity contribution in [2.45, 2.75) is 6.92 Å². The average Bonchev–Trinajstić information content (AvgIpc) is 2.89. The van der Waals surface area contributed by atoms with E-state index in [4.69, 9.17) is 18.0 Å². The maximum atomic E-state index is 5.82. The first-order valence-electron chi connectivity index (χ1n) is 5.85. The normalized spacial score (nSPS) is 11.1. The summed E-state index contributed by atoms with van der Waals surface area (Å²) in [5.41, 5.74) is 9.37. The van der Waals surface area contributed by atoms with Crippen molar-refractivity contribution in [3.05, 3.63) is 41.9 Å². The summed E-state index contributed by atoms with van der Waals surface area (Å²) in [5, 5.41) is 4.40. The molecule has 19 heavy (non-hydrogen) atoms. The highest BCUT2D eigenvalue weighted by atomic mass is 32.1. The van der Waals surface area contributed by atoms with Gasteiger partial charge in [0.1, 0.15) is 17.1 Å². The molecule has 0 saturated carbocycles. The van der Waals surface area contributed by atoms with Crippen molar-refractivity contribution in [3.8, 4) is 5.82 Å². The van der Waals surface area contributed by atoms with Crippen LogP contribution in [-0.4, -0.2) is 24.3 Å². The summed E-state index contributed by atoms with van der Waals surface area (Å²) in [6.45, 7) is 1.90. The van der Waals surface area contributed by atoms with Gasteiger partial charge in [0.25, 0.3) is 0 Å². The van der Waals surface area contributed by atoms with Crippen molar-refractivity contribution in [1.29, 1.82) is 0 Å². The highest BCUT2D eigenvalue weighted by Gasteiger charge is 2.18. The predicted octanol–water partition coefficient (Wildman–Crippen LogP) is 1.70. The number of benzene rings is 1. The molecule has 3 rings (SSSR count). The minimum absolute atomic E-state index is 0.346. The molecule has 6 heteroatoms. The van der Waals surface area contributed by atoms with Gasteiger partial charge >= 0.3 is 0 Å². The van der Waals surface area contributed by atoms with Gasteiger partial charge in [-0.1, -0.05) is 24.4 Å². The Hall–Kier alpha value is -2.21. The Morgan fingerprint density at radius 2 is 2.05 bits per heavy atom. The summed E-state index contributed by atoms with van der Waals surface area (Å²) in [4.78, 5) is 4.73. The van der Waals surface area contributed by atoms with Crippen LogP contribution in [0.5, 0.6) is 0 Å². The number of hydrogen-bond acceptors (Lipinski definition) is 3. The van der Waals surface area contributed by atoms with Crippen LogP contribution in [0.1, 0.15) is 11.3 Å². The van der Waals surface area contributed by atoms with Crippen LogP contribution in [0.15, 0.2) is 30.6 Å². The number of thiocarbonyl (C=S) groups is 1. The molecule has 0 atom stereocenters. The lowest BCUT2D eigenvalue weighted by Crippen LogP contribution is -2.14. The molecule has 0 bridgehead atoms. The van der Waals surface area contributed by atoms with Gasteiger partial charge in [-0.2, -0.15) is 5.10 Å². The maximum absolute atomic E-state index is 5.82. The number of nitrogens with two attached hydrogens (primary N) is 1. The van der Waals surface area contributed by atoms with Crippen molar-refractivity contribution in [1.82, 2.24) is 19.3 Å². The average molecular weight is 271 g/mol. The second-order valence-corrected chi connectivity index (χ2v) is 4.81. The monoisotopic (exact) mass is 271 g/mol. The van der Waals surface area contributed by atoms with Crippen molar-refractivity contribution < 1.29 is 0 Å². The Balaban J connectivity index is 2.36. The molecule has 96 valence electrons. The number of aromatic nitrogens is 4. The molecule has 2 aromatic heterocycles. The lowest BCUT2D eigenvalue weighted by atomic mass is 10.2. The second kappa shape index (κ2) is 4.17. The molecule has 0 aliphatic rings. The maximum Gasteiger partial charge on any atom is 0.147 e. The Morgan fingerprint density at radius 1 is 1.32 bits per heavy atom. The predicted molar refractivity (Wildman–Crippen MR) is 78.5 cm³/mol. The molecule has 1 aromatic carbocycles. The molecule has 0 unspecified atom stereocenters. The third kappa shape index (κ3) is 1.72. The zero-order valence-corrected chi connectivity index (χ0v) is 11.5. The molecule has 0 aliphatic carbocycles. The smallest absolute Gasteiger partial charge is 0.147 e. The van der Waals surface area contributed by atoms with E-state index in [-0.39, 0.29) is 0 Å². The lowest BCUT2D eigenvalue weighted by Gasteiger charge is -2.07. The van der Waals surface area contributed by atoms with E-state index in [1.165, 1.54) is 0 Å². The molecule has 0 radical (unpaired) electrons. The van der Waals surface area contributed by atoms with E-state index in [1.807, 2.05) is 42.8 Å².